The van der Waals surface area contributed by atoms with Crippen LogP contribution in [0.3, 0.4) is 0 Å². The van der Waals surface area contributed by atoms with E-state index in [2.05, 4.69) is 65.3 Å². The summed E-state index contributed by atoms with van der Waals surface area (Å²) in [7, 11) is -1.15. The third kappa shape index (κ3) is 9.05. The number of rotatable bonds is 10. The molecule has 4 rings (SSSR count). The molecule has 0 saturated carbocycles. The second kappa shape index (κ2) is 14.0. The van der Waals surface area contributed by atoms with Crippen LogP contribution in [-0.4, -0.2) is 48.1 Å². The van der Waals surface area contributed by atoms with Crippen molar-refractivity contribution in [3.05, 3.63) is 69.5 Å². The number of carbonyl (C=O) groups is 2. The van der Waals surface area contributed by atoms with Gasteiger partial charge in [-0.1, -0.05) is 53.8 Å². The Kier molecular flexibility index (Phi) is 10.8. The molecular formula is C34H47BrN4O4Si. The van der Waals surface area contributed by atoms with Crippen LogP contribution in [0, 0.1) is 13.8 Å². The highest BCUT2D eigenvalue weighted by atomic mass is 79.9. The highest BCUT2D eigenvalue weighted by Crippen LogP contribution is 2.36. The lowest BCUT2D eigenvalue weighted by atomic mass is 9.78. The van der Waals surface area contributed by atoms with Gasteiger partial charge in [0.15, 0.2) is 0 Å². The Labute approximate surface area is 271 Å². The molecule has 1 aliphatic carbocycles. The number of fused-ring (bicyclic) bond motifs is 1. The summed E-state index contributed by atoms with van der Waals surface area (Å²) in [6.07, 6.45) is 2.05. The minimum atomic E-state index is -1.15. The van der Waals surface area contributed by atoms with Gasteiger partial charge >= 0.3 is 6.09 Å². The number of nitrogens with one attached hydrogen (secondary N) is 2. The van der Waals surface area contributed by atoms with Gasteiger partial charge in [-0.15, -0.1) is 0 Å². The molecule has 2 amide bonds. The van der Waals surface area contributed by atoms with E-state index in [1.54, 1.807) is 0 Å². The number of alkyl carbamates (subject to hydrolysis) is 1. The van der Waals surface area contributed by atoms with Crippen LogP contribution in [0.1, 0.15) is 62.0 Å². The van der Waals surface area contributed by atoms with Crippen LogP contribution in [-0.2, 0) is 27.4 Å². The van der Waals surface area contributed by atoms with Crippen LogP contribution in [0.5, 0.6) is 0 Å². The lowest BCUT2D eigenvalue weighted by Crippen LogP contribution is -2.49. The fourth-order valence-electron chi connectivity index (χ4n) is 5.65. The Morgan fingerprint density at radius 2 is 1.82 bits per heavy atom. The van der Waals surface area contributed by atoms with E-state index in [1.807, 2.05) is 62.7 Å². The molecule has 10 heteroatoms. The van der Waals surface area contributed by atoms with Gasteiger partial charge in [0.2, 0.25) is 5.91 Å². The van der Waals surface area contributed by atoms with Crippen molar-refractivity contribution in [2.75, 3.05) is 11.9 Å². The smallest absolute Gasteiger partial charge is 0.408 e. The zero-order valence-corrected chi connectivity index (χ0v) is 29.9. The Morgan fingerprint density at radius 1 is 1.11 bits per heavy atom. The summed E-state index contributed by atoms with van der Waals surface area (Å²) in [5, 5.41) is 10.7. The molecule has 44 heavy (non-hydrogen) atoms. The molecule has 1 heterocycles. The van der Waals surface area contributed by atoms with Crippen molar-refractivity contribution in [1.29, 1.82) is 0 Å². The van der Waals surface area contributed by atoms with Gasteiger partial charge in [0, 0.05) is 42.0 Å². The predicted octanol–water partition coefficient (Wildman–Crippen LogP) is 8.19. The first-order valence-corrected chi connectivity index (χ1v) is 19.9. The summed E-state index contributed by atoms with van der Waals surface area (Å²) in [4.78, 5) is 26.7. The van der Waals surface area contributed by atoms with Gasteiger partial charge < -0.3 is 20.1 Å². The lowest BCUT2D eigenvalue weighted by Gasteiger charge is -2.33. The molecular weight excluding hydrogens is 636 g/mol. The first-order chi connectivity index (χ1) is 20.6. The molecule has 0 bridgehead atoms. The molecule has 0 radical (unpaired) electrons. The number of carbonyl (C=O) groups excluding carboxylic acids is 2. The number of nitrogens with zero attached hydrogens (tertiary/aromatic N) is 2. The standard InChI is InChI=1S/C34H47BrN4O4Si/c1-22-30(23(2)39(38-22)21-42-18-19-44(6,7)8)25-13-16-27(17-14-25)36-32(40)31(37-33(41)43-34(3,4)5)28-11-9-10-24-12-15-26(35)20-29(24)28/h12-17,20,28,31H,9-11,18-19,21H2,1-8H3,(H,36,40)(H,37,41)/t28-,31-/m0/s1. The maximum atomic E-state index is 13.8. The molecule has 2 aromatic carbocycles. The summed E-state index contributed by atoms with van der Waals surface area (Å²) < 4.78 is 14.4. The summed E-state index contributed by atoms with van der Waals surface area (Å²) in [6, 6.07) is 14.3. The quantitative estimate of drug-likeness (QED) is 0.166. The maximum absolute atomic E-state index is 13.8. The van der Waals surface area contributed by atoms with Gasteiger partial charge in [-0.25, -0.2) is 9.48 Å². The lowest BCUT2D eigenvalue weighted by molar-refractivity contribution is -0.118. The van der Waals surface area contributed by atoms with E-state index in [4.69, 9.17) is 14.6 Å². The second-order valence-electron chi connectivity index (χ2n) is 13.9. The number of halogens is 1. The molecule has 1 aliphatic rings. The molecule has 1 aromatic heterocycles. The Hall–Kier alpha value is -2.95. The van der Waals surface area contributed by atoms with Crippen LogP contribution in [0.25, 0.3) is 11.1 Å². The predicted molar refractivity (Wildman–Crippen MR) is 183 cm³/mol. The average molecular weight is 684 g/mol. The molecule has 0 aliphatic heterocycles. The number of ether oxygens (including phenoxy) is 2. The van der Waals surface area contributed by atoms with Crippen LogP contribution in [0.2, 0.25) is 25.7 Å². The molecule has 0 spiro atoms. The van der Waals surface area contributed by atoms with Gasteiger partial charge in [0.05, 0.1) is 5.69 Å². The van der Waals surface area contributed by atoms with Crippen molar-refractivity contribution in [2.45, 2.75) is 104 Å². The van der Waals surface area contributed by atoms with E-state index in [0.29, 0.717) is 12.4 Å². The van der Waals surface area contributed by atoms with Crippen LogP contribution in [0.4, 0.5) is 10.5 Å². The SMILES string of the molecule is Cc1nn(COCC[Si](C)(C)C)c(C)c1-c1ccc(NC(=O)[C@@H](NC(=O)OC(C)(C)C)[C@H]2CCCc3ccc(Br)cc32)cc1. The maximum Gasteiger partial charge on any atom is 0.408 e. The van der Waals surface area contributed by atoms with Crippen molar-refractivity contribution in [1.82, 2.24) is 15.1 Å². The summed E-state index contributed by atoms with van der Waals surface area (Å²) in [6.45, 7) is 17.7. The molecule has 0 unspecified atom stereocenters. The second-order valence-corrected chi connectivity index (χ2v) is 20.5. The van der Waals surface area contributed by atoms with Crippen LogP contribution < -0.4 is 10.6 Å². The van der Waals surface area contributed by atoms with E-state index in [1.165, 1.54) is 5.56 Å². The highest BCUT2D eigenvalue weighted by molar-refractivity contribution is 9.10. The normalized spacial score (nSPS) is 15.8. The first-order valence-electron chi connectivity index (χ1n) is 15.4. The van der Waals surface area contributed by atoms with Crippen LogP contribution in [0.15, 0.2) is 46.9 Å². The van der Waals surface area contributed by atoms with Gasteiger partial charge in [-0.3, -0.25) is 4.79 Å². The fraction of sp³-hybridized carbons (Fsp3) is 0.500. The van der Waals surface area contributed by atoms with Crippen molar-refractivity contribution >= 4 is 41.7 Å². The van der Waals surface area contributed by atoms with E-state index >= 15 is 0 Å². The highest BCUT2D eigenvalue weighted by Gasteiger charge is 2.35. The van der Waals surface area contributed by atoms with E-state index in [-0.39, 0.29) is 11.8 Å². The molecule has 2 atom stereocenters. The van der Waals surface area contributed by atoms with Gasteiger partial charge in [0.1, 0.15) is 18.4 Å². The molecule has 8 nitrogen and oxygen atoms in total. The Balaban J connectivity index is 1.51. The van der Waals surface area contributed by atoms with E-state index < -0.39 is 25.8 Å². The number of aromatic nitrogens is 2. The summed E-state index contributed by atoms with van der Waals surface area (Å²) >= 11 is 3.58. The number of amides is 2. The third-order valence-electron chi connectivity index (χ3n) is 7.86. The third-order valence-corrected chi connectivity index (χ3v) is 10.1. The summed E-state index contributed by atoms with van der Waals surface area (Å²) in [5.41, 5.74) is 6.28. The Morgan fingerprint density at radius 3 is 2.48 bits per heavy atom. The number of hydrogen-bond donors (Lipinski definition) is 2. The molecule has 0 fully saturated rings. The zero-order valence-electron chi connectivity index (χ0n) is 27.3. The molecule has 0 saturated heterocycles. The Bertz CT molecular complexity index is 1470. The zero-order chi connectivity index (χ0) is 32.2. The summed E-state index contributed by atoms with van der Waals surface area (Å²) in [5.74, 6) is -0.468. The molecule has 238 valence electrons. The van der Waals surface area contributed by atoms with Gasteiger partial charge in [0.25, 0.3) is 0 Å². The van der Waals surface area contributed by atoms with Crippen molar-refractivity contribution in [3.8, 4) is 11.1 Å². The minimum absolute atomic E-state index is 0.188. The van der Waals surface area contributed by atoms with Crippen molar-refractivity contribution < 1.29 is 19.1 Å². The average Bonchev–Trinajstić information content (AvgIpc) is 3.21. The van der Waals surface area contributed by atoms with Gasteiger partial charge in [-0.2, -0.15) is 5.10 Å². The topological polar surface area (TPSA) is 94.5 Å². The molecule has 2 N–H and O–H groups in total. The number of anilines is 1. The first kappa shape index (κ1) is 33.9. The molecule has 3 aromatic rings. The number of benzene rings is 2. The number of hydrogen-bond acceptors (Lipinski definition) is 5. The van der Waals surface area contributed by atoms with Crippen molar-refractivity contribution in [2.24, 2.45) is 0 Å². The van der Waals surface area contributed by atoms with E-state index in [0.717, 1.165) is 64.5 Å². The largest absolute Gasteiger partial charge is 0.444 e. The van der Waals surface area contributed by atoms with Gasteiger partial charge in [-0.05, 0) is 101 Å². The van der Waals surface area contributed by atoms with Crippen molar-refractivity contribution in [3.63, 3.8) is 0 Å². The van der Waals surface area contributed by atoms with E-state index in [9.17, 15) is 9.59 Å². The monoisotopic (exact) mass is 682 g/mol. The minimum Gasteiger partial charge on any atom is -0.444 e. The van der Waals surface area contributed by atoms with Crippen LogP contribution >= 0.6 is 15.9 Å². The number of aryl methyl sites for hydroxylation is 2. The fourth-order valence-corrected chi connectivity index (χ4v) is 6.78.